The minimum atomic E-state index is -0.442. The Hall–Kier alpha value is -3.39. The van der Waals surface area contributed by atoms with Crippen LogP contribution in [0.4, 0.5) is 4.39 Å². The number of fused-ring (bicyclic) bond motifs is 2. The van der Waals surface area contributed by atoms with Gasteiger partial charge in [0.15, 0.2) is 0 Å². The predicted molar refractivity (Wildman–Crippen MR) is 120 cm³/mol. The van der Waals surface area contributed by atoms with Gasteiger partial charge in [-0.15, -0.1) is 0 Å². The second-order valence-electron chi connectivity index (χ2n) is 8.23. The van der Waals surface area contributed by atoms with Gasteiger partial charge in [-0.05, 0) is 50.6 Å². The molecule has 0 saturated heterocycles. The fourth-order valence-electron chi connectivity index (χ4n) is 4.60. The molecule has 2 atom stereocenters. The van der Waals surface area contributed by atoms with Crippen molar-refractivity contribution >= 4 is 28.4 Å². The molecule has 5 rings (SSSR count). The lowest BCUT2D eigenvalue weighted by molar-refractivity contribution is 0.0512. The van der Waals surface area contributed by atoms with Crippen molar-refractivity contribution in [1.82, 2.24) is 24.0 Å². The zero-order valence-electron chi connectivity index (χ0n) is 17.8. The molecule has 1 amide bonds. The average molecular weight is 454 g/mol. The lowest BCUT2D eigenvalue weighted by atomic mass is 10.0. The summed E-state index contributed by atoms with van der Waals surface area (Å²) >= 11 is 6.07. The van der Waals surface area contributed by atoms with Crippen molar-refractivity contribution in [3.05, 3.63) is 81.1 Å². The quantitative estimate of drug-likeness (QED) is 0.504. The molecule has 0 fully saturated rings. The third-order valence-electron chi connectivity index (χ3n) is 6.12. The molecule has 1 aliphatic rings. The molecule has 1 aromatic carbocycles. The van der Waals surface area contributed by atoms with Crippen LogP contribution in [0.5, 0.6) is 0 Å². The van der Waals surface area contributed by atoms with Gasteiger partial charge >= 0.3 is 0 Å². The van der Waals surface area contributed by atoms with Crippen LogP contribution in [0, 0.1) is 12.7 Å². The highest BCUT2D eigenvalue weighted by molar-refractivity contribution is 6.31. The van der Waals surface area contributed by atoms with Gasteiger partial charge < -0.3 is 19.0 Å². The van der Waals surface area contributed by atoms with E-state index < -0.39 is 5.82 Å². The Balaban J connectivity index is 1.56. The van der Waals surface area contributed by atoms with Crippen LogP contribution in [0.2, 0.25) is 5.02 Å². The van der Waals surface area contributed by atoms with E-state index in [1.807, 2.05) is 20.8 Å². The number of amides is 1. The van der Waals surface area contributed by atoms with Crippen LogP contribution in [0.3, 0.4) is 0 Å². The Morgan fingerprint density at radius 3 is 2.78 bits per heavy atom. The molecular formula is C23H21ClFN5O2. The maximum absolute atomic E-state index is 14.3. The van der Waals surface area contributed by atoms with Crippen LogP contribution in [0.25, 0.3) is 16.6 Å². The summed E-state index contributed by atoms with van der Waals surface area (Å²) in [6.45, 7) is 6.00. The smallest absolute Gasteiger partial charge is 0.275 e. The van der Waals surface area contributed by atoms with E-state index in [2.05, 4.69) is 9.97 Å². The minimum absolute atomic E-state index is 0.242. The van der Waals surface area contributed by atoms with Crippen molar-refractivity contribution in [3.8, 4) is 5.69 Å². The van der Waals surface area contributed by atoms with Crippen LogP contribution in [-0.2, 0) is 6.54 Å². The lowest BCUT2D eigenvalue weighted by Crippen LogP contribution is -2.50. The van der Waals surface area contributed by atoms with E-state index >= 15 is 0 Å². The second-order valence-corrected chi connectivity index (χ2v) is 8.67. The molecule has 0 radical (unpaired) electrons. The normalized spacial score (nSPS) is 17.1. The molecule has 0 aliphatic carbocycles. The Bertz CT molecular complexity index is 1440. The van der Waals surface area contributed by atoms with Crippen LogP contribution in [-0.4, -0.2) is 36.0 Å². The summed E-state index contributed by atoms with van der Waals surface area (Å²) in [6.07, 6.45) is 5.07. The van der Waals surface area contributed by atoms with Gasteiger partial charge in [0.1, 0.15) is 17.2 Å². The standard InChI is InChI=1S/C23H21ClFN5O2/c1-12-9-28(11-27-12)19-4-5-20-23(32)30(13(2)10-29(20)22(19)31)14(3)17-8-26-21-16(17)6-15(24)7-18(21)25/h4-9,11,13-14,26H,10H2,1-3H3. The monoisotopic (exact) mass is 453 g/mol. The number of aromatic amines is 1. The summed E-state index contributed by atoms with van der Waals surface area (Å²) in [6, 6.07) is 5.66. The number of imidazole rings is 1. The van der Waals surface area contributed by atoms with Crippen molar-refractivity contribution < 1.29 is 9.18 Å². The SMILES string of the molecule is Cc1cn(-c2ccc3n(c2=O)CC(C)N(C(C)c2c[nH]c4c(F)cc(Cl)cc24)C3=O)cn1. The highest BCUT2D eigenvalue weighted by atomic mass is 35.5. The number of nitrogens with one attached hydrogen (secondary N) is 1. The van der Waals surface area contributed by atoms with Gasteiger partial charge in [-0.25, -0.2) is 9.37 Å². The van der Waals surface area contributed by atoms with Crippen molar-refractivity contribution in [2.75, 3.05) is 0 Å². The van der Waals surface area contributed by atoms with Crippen LogP contribution in [0.1, 0.15) is 41.6 Å². The number of halogens is 2. The van der Waals surface area contributed by atoms with Crippen molar-refractivity contribution in [2.45, 2.75) is 39.4 Å². The third kappa shape index (κ3) is 3.05. The van der Waals surface area contributed by atoms with E-state index in [1.165, 1.54) is 10.6 Å². The van der Waals surface area contributed by atoms with E-state index in [-0.39, 0.29) is 23.6 Å². The first-order valence-electron chi connectivity index (χ1n) is 10.3. The first kappa shape index (κ1) is 20.5. The molecule has 0 spiro atoms. The molecule has 4 heterocycles. The number of carbonyl (C=O) groups excluding carboxylic acids is 1. The average Bonchev–Trinajstić information content (AvgIpc) is 3.35. The highest BCUT2D eigenvalue weighted by Crippen LogP contribution is 2.34. The van der Waals surface area contributed by atoms with Crippen LogP contribution < -0.4 is 5.56 Å². The van der Waals surface area contributed by atoms with E-state index in [4.69, 9.17) is 11.6 Å². The minimum Gasteiger partial charge on any atom is -0.358 e. The number of benzene rings is 1. The summed E-state index contributed by atoms with van der Waals surface area (Å²) in [5.74, 6) is -0.693. The van der Waals surface area contributed by atoms with Gasteiger partial charge in [0.25, 0.3) is 11.5 Å². The summed E-state index contributed by atoms with van der Waals surface area (Å²) in [7, 11) is 0. The van der Waals surface area contributed by atoms with E-state index in [0.29, 0.717) is 33.9 Å². The number of aryl methyl sites for hydroxylation is 1. The molecule has 4 aromatic rings. The first-order valence-corrected chi connectivity index (χ1v) is 10.7. The van der Waals surface area contributed by atoms with Gasteiger partial charge in [-0.2, -0.15) is 0 Å². The number of pyridine rings is 1. The Morgan fingerprint density at radius 2 is 2.06 bits per heavy atom. The van der Waals surface area contributed by atoms with E-state index in [1.54, 1.807) is 46.4 Å². The number of nitrogens with zero attached hydrogens (tertiary/aromatic N) is 4. The van der Waals surface area contributed by atoms with Crippen molar-refractivity contribution in [1.29, 1.82) is 0 Å². The number of H-pyrrole nitrogens is 1. The van der Waals surface area contributed by atoms with Gasteiger partial charge in [0.05, 0.1) is 23.6 Å². The third-order valence-corrected chi connectivity index (χ3v) is 6.34. The van der Waals surface area contributed by atoms with Gasteiger partial charge in [0.2, 0.25) is 0 Å². The zero-order valence-corrected chi connectivity index (χ0v) is 18.5. The summed E-state index contributed by atoms with van der Waals surface area (Å²) in [4.78, 5) is 35.5. The molecule has 9 heteroatoms. The molecule has 1 aliphatic heterocycles. The second kappa shape index (κ2) is 7.34. The van der Waals surface area contributed by atoms with Crippen molar-refractivity contribution in [2.24, 2.45) is 0 Å². The summed E-state index contributed by atoms with van der Waals surface area (Å²) in [5, 5.41) is 0.927. The number of aromatic nitrogens is 4. The Kier molecular flexibility index (Phi) is 4.70. The molecule has 0 bridgehead atoms. The number of rotatable bonds is 3. The van der Waals surface area contributed by atoms with Gasteiger partial charge in [0, 0.05) is 35.4 Å². The number of hydrogen-bond donors (Lipinski definition) is 1. The molecule has 7 nitrogen and oxygen atoms in total. The highest BCUT2D eigenvalue weighted by Gasteiger charge is 2.35. The van der Waals surface area contributed by atoms with E-state index in [0.717, 1.165) is 11.3 Å². The fourth-order valence-corrected chi connectivity index (χ4v) is 4.80. The maximum Gasteiger partial charge on any atom is 0.275 e. The van der Waals surface area contributed by atoms with Gasteiger partial charge in [-0.3, -0.25) is 9.59 Å². The van der Waals surface area contributed by atoms with Crippen LogP contribution >= 0.6 is 11.6 Å². The maximum atomic E-state index is 14.3. The molecule has 2 unspecified atom stereocenters. The molecule has 0 saturated carbocycles. The number of hydrogen-bond acceptors (Lipinski definition) is 3. The lowest BCUT2D eigenvalue weighted by Gasteiger charge is -2.39. The molecule has 164 valence electrons. The number of carbonyl (C=O) groups is 1. The van der Waals surface area contributed by atoms with Crippen molar-refractivity contribution in [3.63, 3.8) is 0 Å². The predicted octanol–water partition coefficient (Wildman–Crippen LogP) is 4.22. The molecule has 3 aromatic heterocycles. The molecule has 1 N–H and O–H groups in total. The Labute approximate surface area is 188 Å². The molecule has 32 heavy (non-hydrogen) atoms. The molecular weight excluding hydrogens is 433 g/mol. The fraction of sp³-hybridized carbons (Fsp3) is 0.261. The topological polar surface area (TPSA) is 75.9 Å². The summed E-state index contributed by atoms with van der Waals surface area (Å²) in [5.41, 5.74) is 2.44. The Morgan fingerprint density at radius 1 is 1.28 bits per heavy atom. The largest absolute Gasteiger partial charge is 0.358 e. The van der Waals surface area contributed by atoms with Crippen LogP contribution in [0.15, 0.2) is 47.8 Å². The zero-order chi connectivity index (χ0) is 22.7. The summed E-state index contributed by atoms with van der Waals surface area (Å²) < 4.78 is 17.5. The van der Waals surface area contributed by atoms with Gasteiger partial charge in [-0.1, -0.05) is 11.6 Å². The van der Waals surface area contributed by atoms with E-state index in [9.17, 15) is 14.0 Å². The first-order chi connectivity index (χ1) is 15.3.